The Morgan fingerprint density at radius 1 is 1.00 bits per heavy atom. The highest BCUT2D eigenvalue weighted by Crippen LogP contribution is 2.22. The topological polar surface area (TPSA) is 120 Å². The van der Waals surface area contributed by atoms with Gasteiger partial charge in [-0.2, -0.15) is 19.6 Å². The van der Waals surface area contributed by atoms with Gasteiger partial charge in [-0.25, -0.2) is 0 Å². The van der Waals surface area contributed by atoms with Crippen molar-refractivity contribution in [3.8, 4) is 5.69 Å². The van der Waals surface area contributed by atoms with E-state index in [1.165, 1.54) is 17.3 Å². The quantitative estimate of drug-likeness (QED) is 0.478. The second kappa shape index (κ2) is 8.01. The summed E-state index contributed by atoms with van der Waals surface area (Å²) in [5.41, 5.74) is 8.78. The molecule has 0 amide bonds. The van der Waals surface area contributed by atoms with Crippen molar-refractivity contribution in [3.63, 3.8) is 0 Å². The van der Waals surface area contributed by atoms with Crippen LogP contribution in [0.4, 0.5) is 17.6 Å². The van der Waals surface area contributed by atoms with Gasteiger partial charge in [-0.05, 0) is 41.6 Å². The van der Waals surface area contributed by atoms with E-state index < -0.39 is 0 Å². The number of thioether (sulfide) groups is 1. The van der Waals surface area contributed by atoms with Gasteiger partial charge in [0.15, 0.2) is 0 Å². The van der Waals surface area contributed by atoms with Gasteiger partial charge in [-0.3, -0.25) is 0 Å². The summed E-state index contributed by atoms with van der Waals surface area (Å²) in [4.78, 5) is 12.8. The predicted molar refractivity (Wildman–Crippen MR) is 107 cm³/mol. The number of nitrogens with one attached hydrogen (secondary N) is 1. The Morgan fingerprint density at radius 2 is 1.79 bits per heavy atom. The molecule has 3 N–H and O–H groups in total. The fourth-order valence-electron chi connectivity index (χ4n) is 2.45. The molecule has 4 aromatic rings. The first-order chi connectivity index (χ1) is 13.7. The molecule has 0 fully saturated rings. The van der Waals surface area contributed by atoms with Gasteiger partial charge >= 0.3 is 0 Å². The standard InChI is InChI=1S/C18H17N9S/c1-12-7-9-13(10-8-12)20-17-22-15(21-16(19)23-17)11-28-18-24-25-26-27(18)14-5-3-2-4-6-14/h2-10H,11H2,1H3,(H3,19,20,21,22,23). The summed E-state index contributed by atoms with van der Waals surface area (Å²) in [5.74, 6) is 1.54. The maximum Gasteiger partial charge on any atom is 0.232 e. The van der Waals surface area contributed by atoms with Gasteiger partial charge in [-0.15, -0.1) is 5.10 Å². The lowest BCUT2D eigenvalue weighted by Crippen LogP contribution is -2.07. The van der Waals surface area contributed by atoms with Crippen molar-refractivity contribution in [2.75, 3.05) is 11.1 Å². The van der Waals surface area contributed by atoms with E-state index in [4.69, 9.17) is 5.73 Å². The van der Waals surface area contributed by atoms with E-state index in [0.717, 1.165) is 11.4 Å². The molecule has 0 aliphatic rings. The van der Waals surface area contributed by atoms with Gasteiger partial charge in [0.25, 0.3) is 0 Å². The number of nitrogens with two attached hydrogens (primary N) is 1. The van der Waals surface area contributed by atoms with E-state index in [9.17, 15) is 0 Å². The van der Waals surface area contributed by atoms with Crippen LogP contribution in [-0.2, 0) is 5.75 Å². The summed E-state index contributed by atoms with van der Waals surface area (Å²) in [5, 5.41) is 15.7. The average molecular weight is 391 g/mol. The van der Waals surface area contributed by atoms with Gasteiger partial charge in [0.05, 0.1) is 11.4 Å². The highest BCUT2D eigenvalue weighted by molar-refractivity contribution is 7.98. The van der Waals surface area contributed by atoms with Crippen LogP contribution in [0.2, 0.25) is 0 Å². The molecule has 0 radical (unpaired) electrons. The molecule has 0 saturated carbocycles. The minimum atomic E-state index is 0.155. The molecule has 0 aliphatic heterocycles. The summed E-state index contributed by atoms with van der Waals surface area (Å²) in [6.07, 6.45) is 0. The number of aryl methyl sites for hydroxylation is 1. The molecule has 28 heavy (non-hydrogen) atoms. The molecule has 0 spiro atoms. The number of para-hydroxylation sites is 1. The number of benzene rings is 2. The Bertz CT molecular complexity index is 1060. The summed E-state index contributed by atoms with van der Waals surface area (Å²) in [7, 11) is 0. The number of aromatic nitrogens is 7. The highest BCUT2D eigenvalue weighted by atomic mass is 32.2. The first kappa shape index (κ1) is 17.9. The van der Waals surface area contributed by atoms with Crippen LogP contribution in [0.3, 0.4) is 0 Å². The molecule has 10 heteroatoms. The molecule has 0 atom stereocenters. The van der Waals surface area contributed by atoms with Gasteiger partial charge in [0, 0.05) is 5.69 Å². The molecular formula is C18H17N9S. The van der Waals surface area contributed by atoms with Crippen molar-refractivity contribution in [2.24, 2.45) is 0 Å². The molecule has 2 heterocycles. The van der Waals surface area contributed by atoms with Gasteiger partial charge < -0.3 is 11.1 Å². The third-order valence-electron chi connectivity index (χ3n) is 3.78. The van der Waals surface area contributed by atoms with Crippen LogP contribution >= 0.6 is 11.8 Å². The number of tetrazole rings is 1. The first-order valence-electron chi connectivity index (χ1n) is 8.48. The van der Waals surface area contributed by atoms with Crippen molar-refractivity contribution in [1.82, 2.24) is 35.2 Å². The summed E-state index contributed by atoms with van der Waals surface area (Å²) >= 11 is 1.42. The van der Waals surface area contributed by atoms with Crippen molar-refractivity contribution in [2.45, 2.75) is 17.8 Å². The van der Waals surface area contributed by atoms with Crippen molar-refractivity contribution in [3.05, 3.63) is 66.0 Å². The van der Waals surface area contributed by atoms with Crippen molar-refractivity contribution >= 4 is 29.3 Å². The normalized spacial score (nSPS) is 10.8. The Balaban J connectivity index is 1.49. The number of rotatable bonds is 6. The highest BCUT2D eigenvalue weighted by Gasteiger charge is 2.11. The zero-order valence-electron chi connectivity index (χ0n) is 15.0. The molecule has 0 aliphatic carbocycles. The summed E-state index contributed by atoms with van der Waals surface area (Å²) < 4.78 is 1.67. The number of hydrogen-bond donors (Lipinski definition) is 2. The molecule has 4 rings (SSSR count). The van der Waals surface area contributed by atoms with Crippen LogP contribution in [0.5, 0.6) is 0 Å². The van der Waals surface area contributed by atoms with Crippen LogP contribution in [0, 0.1) is 6.92 Å². The SMILES string of the molecule is Cc1ccc(Nc2nc(N)nc(CSc3nnnn3-c3ccccc3)n2)cc1. The second-order valence-corrected chi connectivity index (χ2v) is 6.86. The van der Waals surface area contributed by atoms with Gasteiger partial charge in [0.1, 0.15) is 5.82 Å². The van der Waals surface area contributed by atoms with Crippen molar-refractivity contribution in [1.29, 1.82) is 0 Å². The molecule has 9 nitrogen and oxygen atoms in total. The number of nitrogen functional groups attached to an aromatic ring is 1. The molecule has 0 saturated heterocycles. The molecule has 0 bridgehead atoms. The molecule has 0 unspecified atom stereocenters. The number of anilines is 3. The van der Waals surface area contributed by atoms with Gasteiger partial charge in [0.2, 0.25) is 17.1 Å². The Kier molecular flexibility index (Phi) is 5.11. The Morgan fingerprint density at radius 3 is 2.57 bits per heavy atom. The van der Waals surface area contributed by atoms with E-state index in [1.54, 1.807) is 4.68 Å². The van der Waals surface area contributed by atoms with Gasteiger partial charge in [-0.1, -0.05) is 47.7 Å². The smallest absolute Gasteiger partial charge is 0.232 e. The Hall–Kier alpha value is -3.53. The molecule has 2 aromatic heterocycles. The third kappa shape index (κ3) is 4.23. The fourth-order valence-corrected chi connectivity index (χ4v) is 3.20. The van der Waals surface area contributed by atoms with E-state index in [0.29, 0.717) is 22.7 Å². The fraction of sp³-hybridized carbons (Fsp3) is 0.111. The van der Waals surface area contributed by atoms with E-state index in [1.807, 2.05) is 61.5 Å². The minimum absolute atomic E-state index is 0.155. The lowest BCUT2D eigenvalue weighted by Gasteiger charge is -2.08. The maximum atomic E-state index is 5.85. The number of hydrogen-bond acceptors (Lipinski definition) is 9. The molecule has 2 aromatic carbocycles. The van der Waals surface area contributed by atoms with E-state index >= 15 is 0 Å². The molecule has 140 valence electrons. The summed E-state index contributed by atoms with van der Waals surface area (Å²) in [6, 6.07) is 17.6. The third-order valence-corrected chi connectivity index (χ3v) is 4.69. The minimum Gasteiger partial charge on any atom is -0.368 e. The first-order valence-corrected chi connectivity index (χ1v) is 9.47. The number of nitrogens with zero attached hydrogens (tertiary/aromatic N) is 7. The van der Waals surface area contributed by atoms with Crippen LogP contribution < -0.4 is 11.1 Å². The van der Waals surface area contributed by atoms with Crippen LogP contribution in [0.1, 0.15) is 11.4 Å². The Labute approximate surface area is 165 Å². The largest absolute Gasteiger partial charge is 0.368 e. The lowest BCUT2D eigenvalue weighted by atomic mass is 10.2. The zero-order chi connectivity index (χ0) is 19.3. The van der Waals surface area contributed by atoms with Crippen LogP contribution in [-0.4, -0.2) is 35.2 Å². The summed E-state index contributed by atoms with van der Waals surface area (Å²) in [6.45, 7) is 2.03. The van der Waals surface area contributed by atoms with Crippen LogP contribution in [0.25, 0.3) is 5.69 Å². The second-order valence-electron chi connectivity index (χ2n) is 5.92. The average Bonchev–Trinajstić information content (AvgIpc) is 3.17. The van der Waals surface area contributed by atoms with Crippen LogP contribution in [0.15, 0.2) is 59.8 Å². The van der Waals surface area contributed by atoms with E-state index in [2.05, 4.69) is 35.8 Å². The maximum absolute atomic E-state index is 5.85. The lowest BCUT2D eigenvalue weighted by molar-refractivity contribution is 0.756. The van der Waals surface area contributed by atoms with E-state index in [-0.39, 0.29) is 5.95 Å². The zero-order valence-corrected chi connectivity index (χ0v) is 15.8. The molecular weight excluding hydrogens is 374 g/mol. The monoisotopic (exact) mass is 391 g/mol. The van der Waals surface area contributed by atoms with Crippen molar-refractivity contribution < 1.29 is 0 Å². The predicted octanol–water partition coefficient (Wildman–Crippen LogP) is 2.77.